The maximum Gasteiger partial charge on any atom is 0.338 e. The fraction of sp³-hybridized carbons (Fsp3) is 0.458. The first-order valence-corrected chi connectivity index (χ1v) is 10.0. The van der Waals surface area contributed by atoms with E-state index in [1.165, 1.54) is 49.7 Å². The summed E-state index contributed by atoms with van der Waals surface area (Å²) in [6.07, 6.45) is 9.97. The summed E-state index contributed by atoms with van der Waals surface area (Å²) in [5.74, 6) is -0.219. The molecule has 0 N–H and O–H groups in total. The van der Waals surface area contributed by atoms with E-state index >= 15 is 0 Å². The van der Waals surface area contributed by atoms with Crippen molar-refractivity contribution in [1.82, 2.24) is 0 Å². The number of carbonyl (C=O) groups excluding carboxylic acids is 1. The molecule has 0 fully saturated rings. The minimum atomic E-state index is -0.219. The summed E-state index contributed by atoms with van der Waals surface area (Å²) in [7, 11) is 0. The molecule has 0 saturated carbocycles. The zero-order chi connectivity index (χ0) is 18.6. The van der Waals surface area contributed by atoms with Crippen LogP contribution in [0.3, 0.4) is 0 Å². The zero-order valence-corrected chi connectivity index (χ0v) is 16.3. The van der Waals surface area contributed by atoms with Crippen molar-refractivity contribution in [2.24, 2.45) is 0 Å². The SMILES string of the molecule is CCCCCCCCCCOC(=O)c1ccc(-c2cccc(C)c2)cc1. The maximum absolute atomic E-state index is 12.1. The lowest BCUT2D eigenvalue weighted by atomic mass is 10.0. The van der Waals surface area contributed by atoms with Crippen molar-refractivity contribution < 1.29 is 9.53 Å². The van der Waals surface area contributed by atoms with Gasteiger partial charge in [-0.3, -0.25) is 0 Å². The van der Waals surface area contributed by atoms with Crippen molar-refractivity contribution in [2.75, 3.05) is 6.61 Å². The fourth-order valence-electron chi connectivity index (χ4n) is 3.11. The van der Waals surface area contributed by atoms with E-state index < -0.39 is 0 Å². The van der Waals surface area contributed by atoms with Crippen LogP contribution < -0.4 is 0 Å². The topological polar surface area (TPSA) is 26.3 Å². The Morgan fingerprint density at radius 3 is 2.12 bits per heavy atom. The number of benzene rings is 2. The Morgan fingerprint density at radius 2 is 1.46 bits per heavy atom. The van der Waals surface area contributed by atoms with Crippen molar-refractivity contribution in [3.63, 3.8) is 0 Å². The monoisotopic (exact) mass is 352 g/mol. The van der Waals surface area contributed by atoms with Gasteiger partial charge in [-0.2, -0.15) is 0 Å². The van der Waals surface area contributed by atoms with Gasteiger partial charge in [0.25, 0.3) is 0 Å². The quantitative estimate of drug-likeness (QED) is 0.323. The zero-order valence-electron chi connectivity index (χ0n) is 16.3. The van der Waals surface area contributed by atoms with Crippen molar-refractivity contribution in [2.45, 2.75) is 65.2 Å². The number of aryl methyl sites for hydroxylation is 1. The molecule has 140 valence electrons. The third-order valence-electron chi connectivity index (χ3n) is 4.70. The Balaban J connectivity index is 1.68. The number of unbranched alkanes of at least 4 members (excludes halogenated alkanes) is 7. The second-order valence-corrected chi connectivity index (χ2v) is 7.06. The largest absolute Gasteiger partial charge is 0.462 e. The second-order valence-electron chi connectivity index (χ2n) is 7.06. The number of rotatable bonds is 11. The molecule has 0 saturated heterocycles. The Hall–Kier alpha value is -2.09. The molecule has 0 radical (unpaired) electrons. The van der Waals surface area contributed by atoms with Crippen LogP contribution in [0.1, 0.15) is 74.2 Å². The molecule has 0 aliphatic carbocycles. The van der Waals surface area contributed by atoms with Gasteiger partial charge in [0.1, 0.15) is 0 Å². The predicted octanol–water partition coefficient (Wildman–Crippen LogP) is 6.96. The van der Waals surface area contributed by atoms with E-state index in [0.717, 1.165) is 18.4 Å². The normalized spacial score (nSPS) is 10.7. The molecule has 0 atom stereocenters. The van der Waals surface area contributed by atoms with Crippen LogP contribution >= 0.6 is 0 Å². The molecule has 0 amide bonds. The van der Waals surface area contributed by atoms with Crippen LogP contribution in [0.15, 0.2) is 48.5 Å². The summed E-state index contributed by atoms with van der Waals surface area (Å²) in [5.41, 5.74) is 4.15. The van der Waals surface area contributed by atoms with Crippen LogP contribution in [-0.2, 0) is 4.74 Å². The van der Waals surface area contributed by atoms with E-state index in [0.29, 0.717) is 12.2 Å². The molecule has 0 aliphatic heterocycles. The molecule has 0 aliphatic rings. The van der Waals surface area contributed by atoms with E-state index in [4.69, 9.17) is 4.74 Å². The summed E-state index contributed by atoms with van der Waals surface area (Å²) < 4.78 is 5.40. The van der Waals surface area contributed by atoms with Crippen molar-refractivity contribution in [3.8, 4) is 11.1 Å². The lowest BCUT2D eigenvalue weighted by Crippen LogP contribution is -2.06. The number of ether oxygens (including phenoxy) is 1. The van der Waals surface area contributed by atoms with Gasteiger partial charge in [-0.25, -0.2) is 4.79 Å². The molecule has 2 nitrogen and oxygen atoms in total. The van der Waals surface area contributed by atoms with Crippen LogP contribution in [0.4, 0.5) is 0 Å². The highest BCUT2D eigenvalue weighted by Gasteiger charge is 2.07. The van der Waals surface area contributed by atoms with E-state index in [1.807, 2.05) is 24.3 Å². The average molecular weight is 353 g/mol. The summed E-state index contributed by atoms with van der Waals surface area (Å²) >= 11 is 0. The van der Waals surface area contributed by atoms with E-state index in [-0.39, 0.29) is 5.97 Å². The molecule has 0 unspecified atom stereocenters. The van der Waals surface area contributed by atoms with Crippen molar-refractivity contribution >= 4 is 5.97 Å². The van der Waals surface area contributed by atoms with Crippen LogP contribution in [0, 0.1) is 6.92 Å². The molecule has 2 rings (SSSR count). The van der Waals surface area contributed by atoms with Gasteiger partial charge in [0, 0.05) is 0 Å². The van der Waals surface area contributed by atoms with E-state index in [1.54, 1.807) is 0 Å². The number of hydrogen-bond acceptors (Lipinski definition) is 2. The smallest absolute Gasteiger partial charge is 0.338 e. The van der Waals surface area contributed by atoms with Crippen molar-refractivity contribution in [3.05, 3.63) is 59.7 Å². The van der Waals surface area contributed by atoms with Gasteiger partial charge < -0.3 is 4.74 Å². The highest BCUT2D eigenvalue weighted by atomic mass is 16.5. The molecule has 2 aromatic rings. The molecular formula is C24H32O2. The second kappa shape index (κ2) is 11.5. The first kappa shape index (κ1) is 20.2. The minimum absolute atomic E-state index is 0.219. The number of hydrogen-bond donors (Lipinski definition) is 0. The predicted molar refractivity (Wildman–Crippen MR) is 110 cm³/mol. The van der Waals surface area contributed by atoms with Gasteiger partial charge in [0.05, 0.1) is 12.2 Å². The maximum atomic E-state index is 12.1. The van der Waals surface area contributed by atoms with Crippen molar-refractivity contribution in [1.29, 1.82) is 0 Å². The molecular weight excluding hydrogens is 320 g/mol. The third kappa shape index (κ3) is 7.03. The summed E-state index contributed by atoms with van der Waals surface area (Å²) in [6, 6.07) is 16.1. The van der Waals surface area contributed by atoms with Crippen LogP contribution in [-0.4, -0.2) is 12.6 Å². The van der Waals surface area contributed by atoms with Crippen LogP contribution in [0.5, 0.6) is 0 Å². The Morgan fingerprint density at radius 1 is 0.808 bits per heavy atom. The highest BCUT2D eigenvalue weighted by molar-refractivity contribution is 5.90. The van der Waals surface area contributed by atoms with Gasteiger partial charge in [-0.05, 0) is 36.6 Å². The lowest BCUT2D eigenvalue weighted by Gasteiger charge is -2.07. The molecule has 0 spiro atoms. The fourth-order valence-corrected chi connectivity index (χ4v) is 3.11. The Labute approximate surface area is 158 Å². The molecule has 0 aromatic heterocycles. The van der Waals surface area contributed by atoms with E-state index in [2.05, 4.69) is 38.1 Å². The average Bonchev–Trinajstić information content (AvgIpc) is 2.66. The van der Waals surface area contributed by atoms with Gasteiger partial charge in [-0.15, -0.1) is 0 Å². The summed E-state index contributed by atoms with van der Waals surface area (Å²) in [4.78, 5) is 12.1. The molecule has 2 heteroatoms. The Kier molecular flexibility index (Phi) is 8.95. The Bertz CT molecular complexity index is 658. The van der Waals surface area contributed by atoms with Crippen LogP contribution in [0.2, 0.25) is 0 Å². The first-order valence-electron chi connectivity index (χ1n) is 10.0. The molecule has 2 aromatic carbocycles. The van der Waals surface area contributed by atoms with Gasteiger partial charge in [0.2, 0.25) is 0 Å². The number of esters is 1. The molecule has 0 heterocycles. The number of carbonyl (C=O) groups is 1. The van der Waals surface area contributed by atoms with E-state index in [9.17, 15) is 4.79 Å². The van der Waals surface area contributed by atoms with Gasteiger partial charge in [-0.1, -0.05) is 93.8 Å². The van der Waals surface area contributed by atoms with Gasteiger partial charge >= 0.3 is 5.97 Å². The minimum Gasteiger partial charge on any atom is -0.462 e. The molecule has 26 heavy (non-hydrogen) atoms. The summed E-state index contributed by atoms with van der Waals surface area (Å²) in [5, 5.41) is 0. The molecule has 0 bridgehead atoms. The lowest BCUT2D eigenvalue weighted by molar-refractivity contribution is 0.0497. The first-order chi connectivity index (χ1) is 12.7. The van der Waals surface area contributed by atoms with Gasteiger partial charge in [0.15, 0.2) is 0 Å². The highest BCUT2D eigenvalue weighted by Crippen LogP contribution is 2.21. The third-order valence-corrected chi connectivity index (χ3v) is 4.70. The standard InChI is InChI=1S/C24H32O2/c1-3-4-5-6-7-8-9-10-18-26-24(25)22-16-14-21(15-17-22)23-13-11-12-20(2)19-23/h11-17,19H,3-10,18H2,1-2H3. The van der Waals surface area contributed by atoms with Crippen LogP contribution in [0.25, 0.3) is 11.1 Å². The summed E-state index contributed by atoms with van der Waals surface area (Å²) in [6.45, 7) is 4.85.